The average Bonchev–Trinajstić information content (AvgIpc) is 2.82. The summed E-state index contributed by atoms with van der Waals surface area (Å²) in [5.41, 5.74) is 1.69. The highest BCUT2D eigenvalue weighted by molar-refractivity contribution is 7.92. The molecule has 0 unspecified atom stereocenters. The molecule has 0 saturated carbocycles. The number of sulfonamides is 1. The molecular formula is C25H26Cl3N3O3S. The number of para-hydroxylation sites is 1. The molecule has 35 heavy (non-hydrogen) atoms. The van der Waals surface area contributed by atoms with Crippen LogP contribution in [0.25, 0.3) is 0 Å². The Labute approximate surface area is 222 Å². The molecule has 0 bridgehead atoms. The van der Waals surface area contributed by atoms with Gasteiger partial charge in [-0.15, -0.1) is 12.4 Å². The molecule has 4 rings (SSSR count). The van der Waals surface area contributed by atoms with E-state index >= 15 is 0 Å². The Kier molecular flexibility index (Phi) is 9.44. The molecule has 0 spiro atoms. The fraction of sp³-hybridized carbons (Fsp3) is 0.240. The van der Waals surface area contributed by atoms with Crippen LogP contribution >= 0.6 is 35.6 Å². The molecule has 2 N–H and O–H groups in total. The van der Waals surface area contributed by atoms with Crippen molar-refractivity contribution in [3.05, 3.63) is 94.0 Å². The van der Waals surface area contributed by atoms with E-state index in [1.165, 1.54) is 23.8 Å². The minimum absolute atomic E-state index is 0. The van der Waals surface area contributed by atoms with Crippen molar-refractivity contribution in [2.45, 2.75) is 30.3 Å². The van der Waals surface area contributed by atoms with Gasteiger partial charge < -0.3 is 5.32 Å². The number of nitrogens with zero attached hydrogens (tertiary/aromatic N) is 1. The lowest BCUT2D eigenvalue weighted by atomic mass is 10.0. The highest BCUT2D eigenvalue weighted by Crippen LogP contribution is 2.28. The Bertz CT molecular complexity index is 1270. The maximum absolute atomic E-state index is 13.0. The molecule has 0 aromatic heterocycles. The summed E-state index contributed by atoms with van der Waals surface area (Å²) >= 11 is 12.0. The lowest BCUT2D eigenvalue weighted by molar-refractivity contribution is 0.0910. The first-order valence-electron chi connectivity index (χ1n) is 11.0. The van der Waals surface area contributed by atoms with E-state index in [4.69, 9.17) is 23.2 Å². The Hall–Kier alpha value is -2.29. The number of carbonyl (C=O) groups excluding carboxylic acids is 1. The van der Waals surface area contributed by atoms with E-state index in [2.05, 4.69) is 27.1 Å². The number of likely N-dealkylation sites (tertiary alicyclic amines) is 1. The zero-order chi connectivity index (χ0) is 24.1. The molecule has 6 nitrogen and oxygen atoms in total. The molecule has 1 aliphatic heterocycles. The molecule has 0 atom stereocenters. The van der Waals surface area contributed by atoms with Crippen molar-refractivity contribution >= 4 is 57.2 Å². The van der Waals surface area contributed by atoms with Gasteiger partial charge in [0.1, 0.15) is 4.90 Å². The molecule has 3 aromatic rings. The number of piperidine rings is 1. The number of nitrogens with one attached hydrogen (secondary N) is 2. The quantitative estimate of drug-likeness (QED) is 0.398. The molecule has 1 heterocycles. The van der Waals surface area contributed by atoms with Gasteiger partial charge >= 0.3 is 0 Å². The van der Waals surface area contributed by atoms with Crippen molar-refractivity contribution in [1.29, 1.82) is 0 Å². The van der Waals surface area contributed by atoms with Gasteiger partial charge in [0.2, 0.25) is 0 Å². The highest BCUT2D eigenvalue weighted by atomic mass is 35.5. The lowest BCUT2D eigenvalue weighted by Gasteiger charge is -2.32. The lowest BCUT2D eigenvalue weighted by Crippen LogP contribution is -2.44. The van der Waals surface area contributed by atoms with Crippen LogP contribution in [-0.4, -0.2) is 38.4 Å². The van der Waals surface area contributed by atoms with Gasteiger partial charge in [-0.1, -0.05) is 65.7 Å². The summed E-state index contributed by atoms with van der Waals surface area (Å²) in [6, 6.07) is 21.0. The van der Waals surface area contributed by atoms with Crippen LogP contribution < -0.4 is 10.0 Å². The first-order valence-corrected chi connectivity index (χ1v) is 13.2. The summed E-state index contributed by atoms with van der Waals surface area (Å²) in [5, 5.41) is 3.35. The molecular weight excluding hydrogens is 529 g/mol. The van der Waals surface area contributed by atoms with Crippen LogP contribution in [0.1, 0.15) is 28.8 Å². The van der Waals surface area contributed by atoms with Crippen LogP contribution in [0.3, 0.4) is 0 Å². The number of halogens is 3. The Morgan fingerprint density at radius 2 is 1.60 bits per heavy atom. The first-order chi connectivity index (χ1) is 16.3. The van der Waals surface area contributed by atoms with Crippen molar-refractivity contribution in [3.63, 3.8) is 0 Å². The number of anilines is 1. The molecule has 186 valence electrons. The predicted molar refractivity (Wildman–Crippen MR) is 143 cm³/mol. The summed E-state index contributed by atoms with van der Waals surface area (Å²) in [6.45, 7) is 2.64. The molecule has 1 amide bonds. The van der Waals surface area contributed by atoms with Gasteiger partial charge in [0, 0.05) is 30.7 Å². The van der Waals surface area contributed by atoms with Crippen molar-refractivity contribution in [2.75, 3.05) is 17.8 Å². The molecule has 1 aliphatic rings. The van der Waals surface area contributed by atoms with Gasteiger partial charge in [0.25, 0.3) is 15.9 Å². The van der Waals surface area contributed by atoms with E-state index in [0.717, 1.165) is 32.5 Å². The van der Waals surface area contributed by atoms with Gasteiger partial charge in [0.15, 0.2) is 0 Å². The number of carbonyl (C=O) groups is 1. The third-order valence-corrected chi connectivity index (χ3v) is 7.85. The maximum Gasteiger partial charge on any atom is 0.263 e. The number of benzene rings is 3. The predicted octanol–water partition coefficient (Wildman–Crippen LogP) is 5.61. The van der Waals surface area contributed by atoms with Gasteiger partial charge in [0.05, 0.1) is 16.3 Å². The third-order valence-electron chi connectivity index (χ3n) is 5.77. The van der Waals surface area contributed by atoms with E-state index in [9.17, 15) is 13.2 Å². The van der Waals surface area contributed by atoms with Crippen molar-refractivity contribution < 1.29 is 13.2 Å². The summed E-state index contributed by atoms with van der Waals surface area (Å²) in [4.78, 5) is 15.3. The Balaban J connectivity index is 0.00000342. The normalized spacial score (nSPS) is 14.7. The van der Waals surface area contributed by atoms with E-state index in [-0.39, 0.29) is 50.5 Å². The topological polar surface area (TPSA) is 78.5 Å². The van der Waals surface area contributed by atoms with Crippen molar-refractivity contribution in [3.8, 4) is 0 Å². The first kappa shape index (κ1) is 27.3. The minimum Gasteiger partial charge on any atom is -0.349 e. The van der Waals surface area contributed by atoms with Crippen LogP contribution in [0.2, 0.25) is 10.0 Å². The standard InChI is InChI=1S/C25H25Cl2N3O3S.ClH/c26-19-10-11-22(27)24(16-19)34(32,33)29-23-9-5-4-8-21(23)25(31)28-20-12-14-30(15-13-20)17-18-6-2-1-3-7-18;/h1-11,16,20,29H,12-15,17H2,(H,28,31);1H. The maximum atomic E-state index is 13.0. The summed E-state index contributed by atoms with van der Waals surface area (Å²) in [7, 11) is -4.05. The molecule has 0 aliphatic carbocycles. The van der Waals surface area contributed by atoms with Crippen LogP contribution in [-0.2, 0) is 16.6 Å². The van der Waals surface area contributed by atoms with E-state index < -0.39 is 10.0 Å². The van der Waals surface area contributed by atoms with Gasteiger partial charge in [-0.2, -0.15) is 0 Å². The largest absolute Gasteiger partial charge is 0.349 e. The highest BCUT2D eigenvalue weighted by Gasteiger charge is 2.24. The summed E-state index contributed by atoms with van der Waals surface area (Å²) < 4.78 is 28.4. The fourth-order valence-electron chi connectivity index (χ4n) is 3.99. The van der Waals surface area contributed by atoms with Crippen molar-refractivity contribution in [1.82, 2.24) is 10.2 Å². The second-order valence-corrected chi connectivity index (χ2v) is 10.7. The second-order valence-electron chi connectivity index (χ2n) is 8.24. The number of amides is 1. The SMILES string of the molecule is Cl.O=C(NC1CCN(Cc2ccccc2)CC1)c1ccccc1NS(=O)(=O)c1cc(Cl)ccc1Cl. The smallest absolute Gasteiger partial charge is 0.263 e. The van der Waals surface area contributed by atoms with Gasteiger partial charge in [-0.05, 0) is 48.7 Å². The van der Waals surface area contributed by atoms with Crippen LogP contribution in [0, 0.1) is 0 Å². The van der Waals surface area contributed by atoms with E-state index in [1.807, 2.05) is 18.2 Å². The third kappa shape index (κ3) is 7.12. The van der Waals surface area contributed by atoms with Crippen LogP contribution in [0.4, 0.5) is 5.69 Å². The molecule has 1 saturated heterocycles. The summed E-state index contributed by atoms with van der Waals surface area (Å²) in [6.07, 6.45) is 1.65. The fourth-order valence-corrected chi connectivity index (χ4v) is 5.84. The van der Waals surface area contributed by atoms with Gasteiger partial charge in [-0.3, -0.25) is 14.4 Å². The zero-order valence-electron chi connectivity index (χ0n) is 18.8. The average molecular weight is 555 g/mol. The molecule has 0 radical (unpaired) electrons. The number of rotatable bonds is 7. The second kappa shape index (κ2) is 12.1. The van der Waals surface area contributed by atoms with Crippen molar-refractivity contribution in [2.24, 2.45) is 0 Å². The molecule has 10 heteroatoms. The molecule has 1 fully saturated rings. The summed E-state index contributed by atoms with van der Waals surface area (Å²) in [5.74, 6) is -0.322. The Morgan fingerprint density at radius 3 is 2.31 bits per heavy atom. The van der Waals surface area contributed by atoms with E-state index in [0.29, 0.717) is 0 Å². The van der Waals surface area contributed by atoms with Crippen LogP contribution in [0.15, 0.2) is 77.7 Å². The monoisotopic (exact) mass is 553 g/mol. The number of hydrogen-bond donors (Lipinski definition) is 2. The zero-order valence-corrected chi connectivity index (χ0v) is 21.9. The van der Waals surface area contributed by atoms with Crippen LogP contribution in [0.5, 0.6) is 0 Å². The number of hydrogen-bond acceptors (Lipinski definition) is 4. The Morgan fingerprint density at radius 1 is 0.943 bits per heavy atom. The van der Waals surface area contributed by atoms with E-state index in [1.54, 1.807) is 24.3 Å². The molecule has 3 aromatic carbocycles. The minimum atomic E-state index is -4.05. The van der Waals surface area contributed by atoms with Gasteiger partial charge in [-0.25, -0.2) is 8.42 Å².